The van der Waals surface area contributed by atoms with Crippen LogP contribution in [0.1, 0.15) is 17.0 Å². The Bertz CT molecular complexity index is 508. The zero-order valence-electron chi connectivity index (χ0n) is 11.7. The molecular formula is C17H22N2. The Morgan fingerprint density at radius 1 is 1.00 bits per heavy atom. The Balaban J connectivity index is 2.13. The number of likely N-dealkylation sites (N-methyl/N-ethyl adjacent to an activating group) is 1. The van der Waals surface area contributed by atoms with E-state index in [1.54, 1.807) is 0 Å². The number of nitrogens with zero attached hydrogens (tertiary/aromatic N) is 1. The Morgan fingerprint density at radius 3 is 2.26 bits per heavy atom. The third kappa shape index (κ3) is 3.36. The first-order chi connectivity index (χ1) is 9.22. The van der Waals surface area contributed by atoms with Crippen molar-refractivity contribution in [2.24, 2.45) is 5.73 Å². The van der Waals surface area contributed by atoms with Crippen molar-refractivity contribution in [3.63, 3.8) is 0 Å². The summed E-state index contributed by atoms with van der Waals surface area (Å²) in [6.07, 6.45) is 0. The van der Waals surface area contributed by atoms with Crippen LogP contribution in [-0.4, -0.2) is 20.1 Å². The molecule has 1 unspecified atom stereocenters. The molecule has 1 atom stereocenters. The minimum atomic E-state index is 0.366. The lowest BCUT2D eigenvalue weighted by atomic mass is 9.98. The van der Waals surface area contributed by atoms with Crippen LogP contribution in [0.4, 0.5) is 5.69 Å². The summed E-state index contributed by atoms with van der Waals surface area (Å²) in [5.41, 5.74) is 9.83. The van der Waals surface area contributed by atoms with Crippen molar-refractivity contribution >= 4 is 5.69 Å². The van der Waals surface area contributed by atoms with Gasteiger partial charge in [-0.3, -0.25) is 0 Å². The van der Waals surface area contributed by atoms with Gasteiger partial charge in [-0.15, -0.1) is 0 Å². The SMILES string of the molecule is Cc1ccccc1N(C)CC(CN)c1ccccc1. The van der Waals surface area contributed by atoms with Crippen molar-refractivity contribution in [1.82, 2.24) is 0 Å². The van der Waals surface area contributed by atoms with Crippen LogP contribution in [0.15, 0.2) is 54.6 Å². The lowest BCUT2D eigenvalue weighted by Crippen LogP contribution is -2.29. The minimum absolute atomic E-state index is 0.366. The fourth-order valence-electron chi connectivity index (χ4n) is 2.46. The first kappa shape index (κ1) is 13.6. The molecule has 19 heavy (non-hydrogen) atoms. The van der Waals surface area contributed by atoms with E-state index in [4.69, 9.17) is 5.73 Å². The van der Waals surface area contributed by atoms with Crippen LogP contribution in [0.25, 0.3) is 0 Å². The first-order valence-corrected chi connectivity index (χ1v) is 6.74. The van der Waals surface area contributed by atoms with Gasteiger partial charge in [-0.1, -0.05) is 48.5 Å². The van der Waals surface area contributed by atoms with Crippen molar-refractivity contribution in [3.8, 4) is 0 Å². The van der Waals surface area contributed by atoms with E-state index in [0.717, 1.165) is 6.54 Å². The molecule has 100 valence electrons. The van der Waals surface area contributed by atoms with Crippen molar-refractivity contribution in [3.05, 3.63) is 65.7 Å². The second-order valence-electron chi connectivity index (χ2n) is 5.01. The molecule has 0 spiro atoms. The van der Waals surface area contributed by atoms with Crippen LogP contribution < -0.4 is 10.6 Å². The van der Waals surface area contributed by atoms with E-state index in [0.29, 0.717) is 12.5 Å². The van der Waals surface area contributed by atoms with Crippen LogP contribution in [0.2, 0.25) is 0 Å². The highest BCUT2D eigenvalue weighted by Crippen LogP contribution is 2.22. The number of rotatable bonds is 5. The molecule has 0 bridgehead atoms. The van der Waals surface area contributed by atoms with E-state index in [1.807, 2.05) is 6.07 Å². The average molecular weight is 254 g/mol. The van der Waals surface area contributed by atoms with Crippen molar-refractivity contribution < 1.29 is 0 Å². The second kappa shape index (κ2) is 6.39. The van der Waals surface area contributed by atoms with Crippen LogP contribution in [0.5, 0.6) is 0 Å². The molecule has 0 aliphatic carbocycles. The zero-order chi connectivity index (χ0) is 13.7. The van der Waals surface area contributed by atoms with Gasteiger partial charge in [-0.25, -0.2) is 0 Å². The molecule has 0 radical (unpaired) electrons. The molecular weight excluding hydrogens is 232 g/mol. The molecule has 2 nitrogen and oxygen atoms in total. The van der Waals surface area contributed by atoms with Gasteiger partial charge < -0.3 is 10.6 Å². The van der Waals surface area contributed by atoms with Crippen molar-refractivity contribution in [2.45, 2.75) is 12.8 Å². The smallest absolute Gasteiger partial charge is 0.0393 e. The van der Waals surface area contributed by atoms with Crippen LogP contribution >= 0.6 is 0 Å². The fourth-order valence-corrected chi connectivity index (χ4v) is 2.46. The maximum Gasteiger partial charge on any atom is 0.0393 e. The van der Waals surface area contributed by atoms with E-state index in [-0.39, 0.29) is 0 Å². The number of nitrogens with two attached hydrogens (primary N) is 1. The number of para-hydroxylation sites is 1. The first-order valence-electron chi connectivity index (χ1n) is 6.74. The third-order valence-electron chi connectivity index (χ3n) is 3.58. The molecule has 0 heterocycles. The molecule has 2 rings (SSSR count). The summed E-state index contributed by atoms with van der Waals surface area (Å²) < 4.78 is 0. The number of hydrogen-bond acceptors (Lipinski definition) is 2. The van der Waals surface area contributed by atoms with Gasteiger partial charge in [0.2, 0.25) is 0 Å². The van der Waals surface area contributed by atoms with E-state index in [9.17, 15) is 0 Å². The fraction of sp³-hybridized carbons (Fsp3) is 0.294. The minimum Gasteiger partial charge on any atom is -0.374 e. The molecule has 0 aromatic heterocycles. The Morgan fingerprint density at radius 2 is 1.63 bits per heavy atom. The number of hydrogen-bond donors (Lipinski definition) is 1. The summed E-state index contributed by atoms with van der Waals surface area (Å²) in [7, 11) is 2.13. The Labute approximate surface area is 115 Å². The summed E-state index contributed by atoms with van der Waals surface area (Å²) in [6.45, 7) is 3.75. The standard InChI is InChI=1S/C17H22N2/c1-14-8-6-7-11-17(14)19(2)13-16(12-18)15-9-4-3-5-10-15/h3-11,16H,12-13,18H2,1-2H3. The van der Waals surface area contributed by atoms with Gasteiger partial charge in [0, 0.05) is 31.7 Å². The highest BCUT2D eigenvalue weighted by Gasteiger charge is 2.13. The molecule has 0 saturated heterocycles. The van der Waals surface area contributed by atoms with Gasteiger partial charge in [-0.05, 0) is 24.1 Å². The summed E-state index contributed by atoms with van der Waals surface area (Å²) in [4.78, 5) is 2.29. The van der Waals surface area contributed by atoms with Gasteiger partial charge >= 0.3 is 0 Å². The number of benzene rings is 2. The molecule has 0 saturated carbocycles. The number of aryl methyl sites for hydroxylation is 1. The summed E-state index contributed by atoms with van der Waals surface area (Å²) in [6, 6.07) is 19.0. The molecule has 0 aliphatic rings. The van der Waals surface area contributed by atoms with Gasteiger partial charge in [-0.2, -0.15) is 0 Å². The molecule has 0 amide bonds. The molecule has 0 fully saturated rings. The van der Waals surface area contributed by atoms with Crippen molar-refractivity contribution in [2.75, 3.05) is 25.0 Å². The number of anilines is 1. The molecule has 2 N–H and O–H groups in total. The van der Waals surface area contributed by atoms with Gasteiger partial charge in [0.15, 0.2) is 0 Å². The summed E-state index contributed by atoms with van der Waals surface area (Å²) >= 11 is 0. The maximum absolute atomic E-state index is 5.94. The van der Waals surface area contributed by atoms with Gasteiger partial charge in [0.25, 0.3) is 0 Å². The van der Waals surface area contributed by atoms with Gasteiger partial charge in [0.05, 0.1) is 0 Å². The monoisotopic (exact) mass is 254 g/mol. The van der Waals surface area contributed by atoms with Crippen LogP contribution in [0.3, 0.4) is 0 Å². The third-order valence-corrected chi connectivity index (χ3v) is 3.58. The van der Waals surface area contributed by atoms with E-state index in [1.165, 1.54) is 16.8 Å². The van der Waals surface area contributed by atoms with E-state index in [2.05, 4.69) is 67.4 Å². The molecule has 2 aromatic rings. The lowest BCUT2D eigenvalue weighted by molar-refractivity contribution is 0.680. The molecule has 2 aromatic carbocycles. The summed E-state index contributed by atoms with van der Waals surface area (Å²) in [5.74, 6) is 0.366. The maximum atomic E-state index is 5.94. The quantitative estimate of drug-likeness (QED) is 0.888. The molecule has 0 aliphatic heterocycles. The van der Waals surface area contributed by atoms with E-state index < -0.39 is 0 Å². The van der Waals surface area contributed by atoms with E-state index >= 15 is 0 Å². The predicted molar refractivity (Wildman–Crippen MR) is 82.7 cm³/mol. The topological polar surface area (TPSA) is 29.3 Å². The van der Waals surface area contributed by atoms with Crippen LogP contribution in [0, 0.1) is 6.92 Å². The highest BCUT2D eigenvalue weighted by molar-refractivity contribution is 5.52. The van der Waals surface area contributed by atoms with Gasteiger partial charge in [0.1, 0.15) is 0 Å². The lowest BCUT2D eigenvalue weighted by Gasteiger charge is -2.26. The van der Waals surface area contributed by atoms with Crippen molar-refractivity contribution in [1.29, 1.82) is 0 Å². The Kier molecular flexibility index (Phi) is 4.58. The second-order valence-corrected chi connectivity index (χ2v) is 5.01. The normalized spacial score (nSPS) is 12.2. The average Bonchev–Trinajstić information content (AvgIpc) is 2.46. The highest BCUT2D eigenvalue weighted by atomic mass is 15.1. The van der Waals surface area contributed by atoms with Crippen LogP contribution in [-0.2, 0) is 0 Å². The largest absolute Gasteiger partial charge is 0.374 e. The predicted octanol–water partition coefficient (Wildman–Crippen LogP) is 3.17. The molecule has 2 heteroatoms. The zero-order valence-corrected chi connectivity index (χ0v) is 11.7. The summed E-state index contributed by atoms with van der Waals surface area (Å²) in [5, 5.41) is 0. The Hall–Kier alpha value is -1.80.